The van der Waals surface area contributed by atoms with Gasteiger partial charge in [-0.15, -0.1) is 0 Å². The van der Waals surface area contributed by atoms with Crippen LogP contribution in [0.1, 0.15) is 29.7 Å². The third-order valence-electron chi connectivity index (χ3n) is 5.21. The maximum Gasteiger partial charge on any atom is 0.138 e. The molecular formula is C22H27ClO7. The second kappa shape index (κ2) is 9.96. The largest absolute Gasteiger partial charge is 0.495 e. The number of benzene rings is 2. The third kappa shape index (κ3) is 4.72. The van der Waals surface area contributed by atoms with Crippen LogP contribution in [0.25, 0.3) is 0 Å². The predicted molar refractivity (Wildman–Crippen MR) is 111 cm³/mol. The first-order valence-electron chi connectivity index (χ1n) is 9.78. The van der Waals surface area contributed by atoms with Gasteiger partial charge in [0.2, 0.25) is 0 Å². The zero-order valence-corrected chi connectivity index (χ0v) is 17.6. The van der Waals surface area contributed by atoms with Gasteiger partial charge in [-0.3, -0.25) is 0 Å². The van der Waals surface area contributed by atoms with E-state index < -0.39 is 37.1 Å². The Kier molecular flexibility index (Phi) is 7.57. The van der Waals surface area contributed by atoms with Crippen molar-refractivity contribution in [1.29, 1.82) is 0 Å². The van der Waals surface area contributed by atoms with Gasteiger partial charge >= 0.3 is 0 Å². The average molecular weight is 439 g/mol. The van der Waals surface area contributed by atoms with E-state index in [1.165, 1.54) is 7.11 Å². The van der Waals surface area contributed by atoms with E-state index in [2.05, 4.69) is 0 Å². The molecule has 2 aromatic carbocycles. The lowest BCUT2D eigenvalue weighted by atomic mass is 9.90. The molecule has 0 amide bonds. The number of aliphatic hydroxyl groups excluding tert-OH is 4. The second-order valence-corrected chi connectivity index (χ2v) is 7.58. The molecule has 3 rings (SSSR count). The number of methoxy groups -OCH3 is 1. The summed E-state index contributed by atoms with van der Waals surface area (Å²) in [6.07, 6.45) is -5.73. The van der Waals surface area contributed by atoms with Gasteiger partial charge in [0.1, 0.15) is 42.0 Å². The molecule has 1 heterocycles. The summed E-state index contributed by atoms with van der Waals surface area (Å²) in [7, 11) is 1.49. The summed E-state index contributed by atoms with van der Waals surface area (Å²) < 4.78 is 16.5. The van der Waals surface area contributed by atoms with E-state index in [9.17, 15) is 20.4 Å². The summed E-state index contributed by atoms with van der Waals surface area (Å²) in [6, 6.07) is 11.0. The Morgan fingerprint density at radius 1 is 1.03 bits per heavy atom. The third-order valence-corrected chi connectivity index (χ3v) is 5.64. The molecule has 1 fully saturated rings. The van der Waals surface area contributed by atoms with Crippen molar-refractivity contribution in [3.8, 4) is 11.5 Å². The fraction of sp³-hybridized carbons (Fsp3) is 0.455. The van der Waals surface area contributed by atoms with Gasteiger partial charge in [0.05, 0.1) is 25.3 Å². The normalized spacial score (nSPS) is 26.4. The predicted octanol–water partition coefficient (Wildman–Crippen LogP) is 1.85. The van der Waals surface area contributed by atoms with E-state index in [4.69, 9.17) is 25.8 Å². The molecule has 0 radical (unpaired) electrons. The van der Waals surface area contributed by atoms with Gasteiger partial charge in [-0.2, -0.15) is 0 Å². The molecule has 4 N–H and O–H groups in total. The monoisotopic (exact) mass is 438 g/mol. The maximum atomic E-state index is 10.5. The first kappa shape index (κ1) is 22.8. The first-order chi connectivity index (χ1) is 14.4. The SMILES string of the molecule is CCOc1ccc(Cc2cc(C3OC(CO)[C@@H](O)[C@H](O)[C@H]3O)cc(OC)c2Cl)cc1. The molecule has 2 unspecified atom stereocenters. The maximum absolute atomic E-state index is 10.5. The molecule has 7 nitrogen and oxygen atoms in total. The summed E-state index contributed by atoms with van der Waals surface area (Å²) in [5.74, 6) is 1.17. The van der Waals surface area contributed by atoms with E-state index in [1.807, 2.05) is 31.2 Å². The minimum absolute atomic E-state index is 0.395. The lowest BCUT2D eigenvalue weighted by Gasteiger charge is -2.40. The summed E-state index contributed by atoms with van der Waals surface area (Å²) in [5, 5.41) is 40.5. The molecule has 8 heteroatoms. The standard InChI is InChI=1S/C22H27ClO7/c1-3-29-15-6-4-12(5-7-15)8-13-9-14(10-16(28-2)18(13)23)22-21(27)20(26)19(25)17(11-24)30-22/h4-7,9-10,17,19-22,24-27H,3,8,11H2,1-2H3/t17?,19-,20+,21-,22?/m1/s1. The van der Waals surface area contributed by atoms with Crippen molar-refractivity contribution in [2.75, 3.05) is 20.3 Å². The van der Waals surface area contributed by atoms with Crippen LogP contribution in [0.4, 0.5) is 0 Å². The smallest absolute Gasteiger partial charge is 0.138 e. The van der Waals surface area contributed by atoms with Gasteiger partial charge in [0.15, 0.2) is 0 Å². The van der Waals surface area contributed by atoms with Crippen molar-refractivity contribution in [2.45, 2.75) is 43.9 Å². The Morgan fingerprint density at radius 3 is 2.33 bits per heavy atom. The number of aliphatic hydroxyl groups is 4. The van der Waals surface area contributed by atoms with Crippen molar-refractivity contribution in [3.05, 3.63) is 58.1 Å². The van der Waals surface area contributed by atoms with Crippen molar-refractivity contribution in [3.63, 3.8) is 0 Å². The Morgan fingerprint density at radius 2 is 1.73 bits per heavy atom. The van der Waals surface area contributed by atoms with Gasteiger partial charge in [0, 0.05) is 0 Å². The molecule has 0 saturated carbocycles. The molecule has 164 valence electrons. The Balaban J connectivity index is 1.93. The van der Waals surface area contributed by atoms with Gasteiger partial charge in [-0.05, 0) is 48.2 Å². The van der Waals surface area contributed by atoms with Crippen molar-refractivity contribution in [1.82, 2.24) is 0 Å². The van der Waals surface area contributed by atoms with Crippen LogP contribution in [0.2, 0.25) is 5.02 Å². The van der Waals surface area contributed by atoms with Gasteiger partial charge in [0.25, 0.3) is 0 Å². The molecule has 0 aliphatic carbocycles. The molecule has 30 heavy (non-hydrogen) atoms. The molecule has 1 aliphatic rings. The van der Waals surface area contributed by atoms with E-state index in [0.717, 1.165) is 16.9 Å². The fourth-order valence-electron chi connectivity index (χ4n) is 3.59. The van der Waals surface area contributed by atoms with Crippen molar-refractivity contribution >= 4 is 11.6 Å². The number of hydrogen-bond acceptors (Lipinski definition) is 7. The number of rotatable bonds is 7. The minimum atomic E-state index is -1.46. The highest BCUT2D eigenvalue weighted by Gasteiger charge is 2.44. The Labute approximate surface area is 180 Å². The zero-order chi connectivity index (χ0) is 21.8. The fourth-order valence-corrected chi connectivity index (χ4v) is 3.84. The van der Waals surface area contributed by atoms with Crippen LogP contribution in [-0.2, 0) is 11.2 Å². The van der Waals surface area contributed by atoms with Crippen LogP contribution in [-0.4, -0.2) is 65.2 Å². The highest BCUT2D eigenvalue weighted by molar-refractivity contribution is 6.32. The zero-order valence-electron chi connectivity index (χ0n) is 16.9. The average Bonchev–Trinajstić information content (AvgIpc) is 2.75. The van der Waals surface area contributed by atoms with Crippen molar-refractivity contribution in [2.24, 2.45) is 0 Å². The molecule has 0 aromatic heterocycles. The molecule has 1 aliphatic heterocycles. The topological polar surface area (TPSA) is 109 Å². The second-order valence-electron chi connectivity index (χ2n) is 7.20. The van der Waals surface area contributed by atoms with Crippen LogP contribution < -0.4 is 9.47 Å². The summed E-state index contributed by atoms with van der Waals surface area (Å²) in [6.45, 7) is 2.01. The summed E-state index contributed by atoms with van der Waals surface area (Å²) in [4.78, 5) is 0. The summed E-state index contributed by atoms with van der Waals surface area (Å²) in [5.41, 5.74) is 2.26. The van der Waals surface area contributed by atoms with Crippen LogP contribution in [0, 0.1) is 0 Å². The molecular weight excluding hydrogens is 412 g/mol. The van der Waals surface area contributed by atoms with Crippen LogP contribution >= 0.6 is 11.6 Å². The highest BCUT2D eigenvalue weighted by atomic mass is 35.5. The van der Waals surface area contributed by atoms with E-state index >= 15 is 0 Å². The molecule has 5 atom stereocenters. The number of hydrogen-bond donors (Lipinski definition) is 4. The first-order valence-corrected chi connectivity index (χ1v) is 10.2. The quantitative estimate of drug-likeness (QED) is 0.522. The lowest BCUT2D eigenvalue weighted by Crippen LogP contribution is -2.55. The highest BCUT2D eigenvalue weighted by Crippen LogP contribution is 2.38. The Hall–Kier alpha value is -1.87. The minimum Gasteiger partial charge on any atom is -0.495 e. The molecule has 1 saturated heterocycles. The Bertz CT molecular complexity index is 840. The summed E-state index contributed by atoms with van der Waals surface area (Å²) >= 11 is 6.51. The van der Waals surface area contributed by atoms with Crippen LogP contribution in [0.3, 0.4) is 0 Å². The van der Waals surface area contributed by atoms with Crippen LogP contribution in [0.15, 0.2) is 36.4 Å². The van der Waals surface area contributed by atoms with E-state index in [1.54, 1.807) is 12.1 Å². The number of ether oxygens (including phenoxy) is 3. The van der Waals surface area contributed by atoms with Crippen molar-refractivity contribution < 1.29 is 34.6 Å². The van der Waals surface area contributed by atoms with Gasteiger partial charge in [-0.1, -0.05) is 29.8 Å². The van der Waals surface area contributed by atoms with E-state index in [-0.39, 0.29) is 0 Å². The van der Waals surface area contributed by atoms with Gasteiger partial charge in [-0.25, -0.2) is 0 Å². The number of halogens is 1. The van der Waals surface area contributed by atoms with Crippen LogP contribution in [0.5, 0.6) is 11.5 Å². The molecule has 0 spiro atoms. The van der Waals surface area contributed by atoms with Gasteiger partial charge < -0.3 is 34.6 Å². The molecule has 0 bridgehead atoms. The lowest BCUT2D eigenvalue weighted by molar-refractivity contribution is -0.231. The molecule has 2 aromatic rings. The van der Waals surface area contributed by atoms with E-state index in [0.29, 0.717) is 29.4 Å².